The molecule has 0 aromatic rings. The van der Waals surface area contributed by atoms with Crippen LogP contribution in [0.4, 0.5) is 0 Å². The summed E-state index contributed by atoms with van der Waals surface area (Å²) >= 11 is 1.40. The molecule has 240 valence electrons. The van der Waals surface area contributed by atoms with Gasteiger partial charge in [0.1, 0.15) is 12.1 Å². The Kier molecular flexibility index (Phi) is 14.5. The molecule has 0 aromatic heterocycles. The van der Waals surface area contributed by atoms with Crippen molar-refractivity contribution in [1.82, 2.24) is 21.3 Å². The maximum absolute atomic E-state index is 13.4. The van der Waals surface area contributed by atoms with Crippen LogP contribution < -0.4 is 21.3 Å². The lowest BCUT2D eigenvalue weighted by molar-refractivity contribution is -0.132. The van der Waals surface area contributed by atoms with E-state index in [1.165, 1.54) is 11.8 Å². The van der Waals surface area contributed by atoms with Crippen LogP contribution in [0.25, 0.3) is 0 Å². The molecule has 2 aliphatic heterocycles. The number of carbonyl (C=O) groups is 4. The molecule has 0 bridgehead atoms. The van der Waals surface area contributed by atoms with Crippen LogP contribution in [0.5, 0.6) is 0 Å². The average Bonchev–Trinajstić information content (AvgIpc) is 3.53. The first-order valence-corrected chi connectivity index (χ1v) is 16.4. The second-order valence-electron chi connectivity index (χ2n) is 12.5. The number of oxime groups is 1. The minimum Gasteiger partial charge on any atom is -0.391 e. The first-order chi connectivity index (χ1) is 19.7. The van der Waals surface area contributed by atoms with Gasteiger partial charge in [-0.3, -0.25) is 19.2 Å². The molecule has 0 spiro atoms. The second kappa shape index (κ2) is 17.0. The highest BCUT2D eigenvalue weighted by atomic mass is 32.2. The minimum atomic E-state index is -1.03. The summed E-state index contributed by atoms with van der Waals surface area (Å²) in [5.74, 6) is -1.76. The molecule has 0 saturated carbocycles. The number of carbonyl (C=O) groups excluding carboxylic acids is 4. The number of amides is 4. The van der Waals surface area contributed by atoms with Gasteiger partial charge in [-0.15, -0.1) is 0 Å². The first-order valence-electron chi connectivity index (χ1n) is 15.0. The summed E-state index contributed by atoms with van der Waals surface area (Å²) in [6.45, 7) is 14.4. The van der Waals surface area contributed by atoms with Crippen molar-refractivity contribution in [3.8, 4) is 0 Å². The van der Waals surface area contributed by atoms with Crippen LogP contribution in [0.1, 0.15) is 67.7 Å². The number of rotatable bonds is 17. The van der Waals surface area contributed by atoms with Gasteiger partial charge in [0.25, 0.3) is 5.91 Å². The molecule has 13 heteroatoms. The van der Waals surface area contributed by atoms with Crippen molar-refractivity contribution in [1.29, 1.82) is 0 Å². The molecule has 1 saturated heterocycles. The van der Waals surface area contributed by atoms with Gasteiger partial charge < -0.3 is 35.9 Å². The van der Waals surface area contributed by atoms with Crippen molar-refractivity contribution in [3.05, 3.63) is 0 Å². The van der Waals surface area contributed by atoms with Crippen molar-refractivity contribution in [2.75, 3.05) is 25.2 Å². The second-order valence-corrected chi connectivity index (χ2v) is 13.4. The Morgan fingerprint density at radius 1 is 0.952 bits per heavy atom. The fourth-order valence-corrected chi connectivity index (χ4v) is 5.45. The van der Waals surface area contributed by atoms with Gasteiger partial charge in [0.05, 0.1) is 24.7 Å². The maximum Gasteiger partial charge on any atom is 0.270 e. The molecular weight excluding hydrogens is 562 g/mol. The number of aliphatic hydroxyl groups is 1. The number of ether oxygens (including phenoxy) is 1. The number of hydrogen-bond acceptors (Lipinski definition) is 9. The average molecular weight is 614 g/mol. The van der Waals surface area contributed by atoms with Gasteiger partial charge in [0.2, 0.25) is 24.0 Å². The van der Waals surface area contributed by atoms with Gasteiger partial charge in [-0.1, -0.05) is 53.6 Å². The molecule has 0 unspecified atom stereocenters. The molecule has 2 aliphatic rings. The molecule has 1 fully saturated rings. The van der Waals surface area contributed by atoms with E-state index in [1.54, 1.807) is 6.92 Å². The van der Waals surface area contributed by atoms with Crippen molar-refractivity contribution >= 4 is 41.1 Å². The fraction of sp³-hybridized carbons (Fsp3) is 0.828. The van der Waals surface area contributed by atoms with Crippen LogP contribution in [0.3, 0.4) is 0 Å². The third-order valence-electron chi connectivity index (χ3n) is 7.32. The molecule has 0 radical (unpaired) electrons. The zero-order chi connectivity index (χ0) is 31.6. The van der Waals surface area contributed by atoms with E-state index in [2.05, 4.69) is 26.4 Å². The van der Waals surface area contributed by atoms with Crippen molar-refractivity contribution < 1.29 is 33.9 Å². The Labute approximate surface area is 254 Å². The van der Waals surface area contributed by atoms with Crippen LogP contribution in [0.15, 0.2) is 5.16 Å². The third kappa shape index (κ3) is 10.7. The summed E-state index contributed by atoms with van der Waals surface area (Å²) in [7, 11) is 0. The monoisotopic (exact) mass is 613 g/mol. The molecule has 4 amide bonds. The molecule has 2 rings (SSSR count). The summed E-state index contributed by atoms with van der Waals surface area (Å²) in [6.07, 6.45) is 1.41. The Morgan fingerprint density at radius 3 is 2.24 bits per heavy atom. The molecular formula is C29H51N5O7S. The first kappa shape index (κ1) is 35.8. The summed E-state index contributed by atoms with van der Waals surface area (Å²) in [4.78, 5) is 57.2. The summed E-state index contributed by atoms with van der Waals surface area (Å²) in [6, 6.07) is -2.21. The Hall–Kier alpha value is -2.38. The van der Waals surface area contributed by atoms with Gasteiger partial charge in [-0.25, -0.2) is 0 Å². The van der Waals surface area contributed by atoms with Gasteiger partial charge in [-0.05, 0) is 43.3 Å². The highest BCUT2D eigenvalue weighted by molar-refractivity contribution is 7.98. The van der Waals surface area contributed by atoms with E-state index in [-0.39, 0.29) is 47.6 Å². The molecule has 0 aromatic carbocycles. The molecule has 12 nitrogen and oxygen atoms in total. The largest absolute Gasteiger partial charge is 0.391 e. The SMILES string of the molecule is CSC[C@H](NC(=O)C1=NO[C@H]2OCC[C@@H]12)C(=O)N[C@@H](CC(C)C)[C@@H](O)C[C@@H](C)C(=O)N[C@H](C(=O)NCC(C)C)C(C)C. The van der Waals surface area contributed by atoms with E-state index in [0.717, 1.165) is 0 Å². The number of thioether (sulfide) groups is 1. The lowest BCUT2D eigenvalue weighted by Gasteiger charge is -2.30. The number of fused-ring (bicyclic) bond motifs is 1. The highest BCUT2D eigenvalue weighted by Crippen LogP contribution is 2.29. The van der Waals surface area contributed by atoms with E-state index in [0.29, 0.717) is 31.7 Å². The lowest BCUT2D eigenvalue weighted by atomic mass is 9.91. The topological polar surface area (TPSA) is 167 Å². The molecule has 5 N–H and O–H groups in total. The van der Waals surface area contributed by atoms with E-state index in [9.17, 15) is 24.3 Å². The smallest absolute Gasteiger partial charge is 0.270 e. The summed E-state index contributed by atoms with van der Waals surface area (Å²) in [5.41, 5.74) is 0.215. The predicted octanol–water partition coefficient (Wildman–Crippen LogP) is 1.41. The quantitative estimate of drug-likeness (QED) is 0.164. The van der Waals surface area contributed by atoms with E-state index in [1.807, 2.05) is 47.8 Å². The van der Waals surface area contributed by atoms with Crippen LogP contribution in [0.2, 0.25) is 0 Å². The Bertz CT molecular complexity index is 961. The Balaban J connectivity index is 2.03. The summed E-state index contributed by atoms with van der Waals surface area (Å²) < 4.78 is 5.41. The normalized spacial score (nSPS) is 21.6. The lowest BCUT2D eigenvalue weighted by Crippen LogP contribution is -2.55. The molecule has 7 atom stereocenters. The maximum atomic E-state index is 13.4. The Morgan fingerprint density at radius 2 is 1.64 bits per heavy atom. The van der Waals surface area contributed by atoms with Crippen molar-refractivity contribution in [3.63, 3.8) is 0 Å². The third-order valence-corrected chi connectivity index (χ3v) is 7.99. The van der Waals surface area contributed by atoms with Gasteiger partial charge >= 0.3 is 0 Å². The van der Waals surface area contributed by atoms with Crippen molar-refractivity contribution in [2.45, 2.75) is 98.2 Å². The van der Waals surface area contributed by atoms with E-state index in [4.69, 9.17) is 9.57 Å². The highest BCUT2D eigenvalue weighted by Gasteiger charge is 2.43. The van der Waals surface area contributed by atoms with Crippen LogP contribution >= 0.6 is 11.8 Å². The predicted molar refractivity (Wildman–Crippen MR) is 162 cm³/mol. The number of hydrogen-bond donors (Lipinski definition) is 5. The standard InChI is InChI=1S/C29H51N5O7S/c1-15(2)11-20(22(35)12-18(7)25(36)33-23(17(5)6)27(38)30-13-16(3)4)31-26(37)21(14-42-8)32-28(39)24-19-9-10-40-29(19)41-34-24/h15-23,29,35H,9-14H2,1-8H3,(H,30,38)(H,31,37)(H,32,39)(H,33,36)/t18-,19+,20+,21+,22+,23+,29-/m1/s1. The zero-order valence-corrected chi connectivity index (χ0v) is 27.1. The van der Waals surface area contributed by atoms with Crippen LogP contribution in [0, 0.1) is 29.6 Å². The number of nitrogens with one attached hydrogen (secondary N) is 4. The number of aliphatic hydroxyl groups excluding tert-OH is 1. The zero-order valence-electron chi connectivity index (χ0n) is 26.3. The van der Waals surface area contributed by atoms with Crippen LogP contribution in [-0.2, 0) is 28.8 Å². The van der Waals surface area contributed by atoms with E-state index >= 15 is 0 Å². The molecule has 0 aliphatic carbocycles. The van der Waals surface area contributed by atoms with Gasteiger partial charge in [0.15, 0.2) is 5.71 Å². The van der Waals surface area contributed by atoms with Crippen molar-refractivity contribution in [2.24, 2.45) is 34.7 Å². The fourth-order valence-electron chi connectivity index (χ4n) is 4.88. The van der Waals surface area contributed by atoms with Crippen LogP contribution in [-0.4, -0.2) is 90.1 Å². The van der Waals surface area contributed by atoms with Gasteiger partial charge in [-0.2, -0.15) is 11.8 Å². The molecule has 2 heterocycles. The van der Waals surface area contributed by atoms with Gasteiger partial charge in [0, 0.05) is 18.2 Å². The molecule has 42 heavy (non-hydrogen) atoms. The van der Waals surface area contributed by atoms with E-state index < -0.39 is 48.3 Å². The number of nitrogens with zero attached hydrogens (tertiary/aromatic N) is 1. The summed E-state index contributed by atoms with van der Waals surface area (Å²) in [5, 5.41) is 26.4. The minimum absolute atomic E-state index is 0.0820.